The molecule has 0 spiro atoms. The SMILES string of the molecule is CC1C=CC2=CCCC=C2N1. The van der Waals surface area contributed by atoms with Crippen molar-refractivity contribution in [2.75, 3.05) is 0 Å². The second kappa shape index (κ2) is 2.57. The Bertz CT molecular complexity index is 246. The molecule has 1 heteroatoms. The summed E-state index contributed by atoms with van der Waals surface area (Å²) < 4.78 is 0. The Morgan fingerprint density at radius 1 is 1.36 bits per heavy atom. The topological polar surface area (TPSA) is 12.0 Å². The normalized spacial score (nSPS) is 28.3. The van der Waals surface area contributed by atoms with E-state index in [9.17, 15) is 0 Å². The molecule has 1 N–H and O–H groups in total. The third-order valence-corrected chi connectivity index (χ3v) is 2.14. The lowest BCUT2D eigenvalue weighted by atomic mass is 9.99. The highest BCUT2D eigenvalue weighted by atomic mass is 14.9. The number of hydrogen-bond donors (Lipinski definition) is 1. The van der Waals surface area contributed by atoms with Crippen LogP contribution in [0.3, 0.4) is 0 Å². The molecule has 0 radical (unpaired) electrons. The average Bonchev–Trinajstić information content (AvgIpc) is 2.04. The van der Waals surface area contributed by atoms with E-state index in [-0.39, 0.29) is 0 Å². The smallest absolute Gasteiger partial charge is 0.0419 e. The molecule has 1 aliphatic heterocycles. The van der Waals surface area contributed by atoms with Crippen LogP contribution >= 0.6 is 0 Å². The van der Waals surface area contributed by atoms with E-state index >= 15 is 0 Å². The van der Waals surface area contributed by atoms with Gasteiger partial charge in [0.2, 0.25) is 0 Å². The van der Waals surface area contributed by atoms with Crippen LogP contribution in [0.25, 0.3) is 0 Å². The van der Waals surface area contributed by atoms with E-state index in [1.807, 2.05) is 0 Å². The van der Waals surface area contributed by atoms with Crippen LogP contribution < -0.4 is 5.32 Å². The van der Waals surface area contributed by atoms with Gasteiger partial charge >= 0.3 is 0 Å². The molecule has 1 heterocycles. The van der Waals surface area contributed by atoms with Gasteiger partial charge in [-0.1, -0.05) is 24.3 Å². The highest BCUT2D eigenvalue weighted by Gasteiger charge is 2.11. The average molecular weight is 147 g/mol. The molecule has 0 aromatic carbocycles. The largest absolute Gasteiger partial charge is 0.379 e. The maximum absolute atomic E-state index is 3.42. The fourth-order valence-corrected chi connectivity index (χ4v) is 1.54. The summed E-state index contributed by atoms with van der Waals surface area (Å²) in [5.41, 5.74) is 2.70. The number of rotatable bonds is 0. The van der Waals surface area contributed by atoms with Gasteiger partial charge in [-0.15, -0.1) is 0 Å². The third kappa shape index (κ3) is 1.23. The molecule has 0 bridgehead atoms. The van der Waals surface area contributed by atoms with Gasteiger partial charge in [-0.25, -0.2) is 0 Å². The summed E-state index contributed by atoms with van der Waals surface area (Å²) in [6.07, 6.45) is 11.4. The van der Waals surface area contributed by atoms with Crippen molar-refractivity contribution in [3.63, 3.8) is 0 Å². The van der Waals surface area contributed by atoms with Crippen LogP contribution in [0.4, 0.5) is 0 Å². The highest BCUT2D eigenvalue weighted by molar-refractivity contribution is 5.44. The standard InChI is InChI=1S/C10H13N/c1-8-6-7-9-4-2-3-5-10(9)11-8/h4-8,11H,2-3H2,1H3. The van der Waals surface area contributed by atoms with E-state index in [1.54, 1.807) is 0 Å². The van der Waals surface area contributed by atoms with Gasteiger partial charge in [0.05, 0.1) is 0 Å². The maximum atomic E-state index is 3.42. The van der Waals surface area contributed by atoms with Crippen LogP contribution in [0.5, 0.6) is 0 Å². The van der Waals surface area contributed by atoms with Gasteiger partial charge in [0.25, 0.3) is 0 Å². The van der Waals surface area contributed by atoms with E-state index in [1.165, 1.54) is 24.1 Å². The summed E-state index contributed by atoms with van der Waals surface area (Å²) in [6, 6.07) is 0.497. The Hall–Kier alpha value is -0.980. The number of allylic oxidation sites excluding steroid dienone is 3. The minimum Gasteiger partial charge on any atom is -0.379 e. The zero-order valence-corrected chi connectivity index (χ0v) is 6.80. The first-order valence-corrected chi connectivity index (χ1v) is 4.22. The molecule has 0 aromatic heterocycles. The predicted molar refractivity (Wildman–Crippen MR) is 47.1 cm³/mol. The van der Waals surface area contributed by atoms with Gasteiger partial charge in [-0.3, -0.25) is 0 Å². The second-order valence-electron chi connectivity index (χ2n) is 3.15. The Labute approximate surface area is 67.5 Å². The zero-order valence-electron chi connectivity index (χ0n) is 6.80. The van der Waals surface area contributed by atoms with Crippen LogP contribution in [-0.4, -0.2) is 6.04 Å². The highest BCUT2D eigenvalue weighted by Crippen LogP contribution is 2.21. The number of fused-ring (bicyclic) bond motifs is 1. The summed E-state index contributed by atoms with van der Waals surface area (Å²) in [5, 5.41) is 3.42. The summed E-state index contributed by atoms with van der Waals surface area (Å²) in [7, 11) is 0. The molecule has 2 aliphatic rings. The second-order valence-corrected chi connectivity index (χ2v) is 3.15. The summed E-state index contributed by atoms with van der Waals surface area (Å²) in [5.74, 6) is 0. The first-order chi connectivity index (χ1) is 5.36. The van der Waals surface area contributed by atoms with Gasteiger partial charge in [-0.05, 0) is 25.3 Å². The van der Waals surface area contributed by atoms with Gasteiger partial charge < -0.3 is 5.32 Å². The molecule has 2 rings (SSSR count). The van der Waals surface area contributed by atoms with Gasteiger partial charge in [0.1, 0.15) is 0 Å². The molecule has 0 amide bonds. The summed E-state index contributed by atoms with van der Waals surface area (Å²) >= 11 is 0. The molecule has 0 aromatic rings. The predicted octanol–water partition coefficient (Wildman–Crippen LogP) is 2.14. The Morgan fingerprint density at radius 3 is 3.09 bits per heavy atom. The Morgan fingerprint density at radius 2 is 2.18 bits per heavy atom. The lowest BCUT2D eigenvalue weighted by Crippen LogP contribution is -2.27. The molecule has 1 unspecified atom stereocenters. The fourth-order valence-electron chi connectivity index (χ4n) is 1.54. The van der Waals surface area contributed by atoms with Crippen LogP contribution in [0, 0.1) is 0 Å². The molecule has 1 atom stereocenters. The number of nitrogens with one attached hydrogen (secondary N) is 1. The molecule has 1 nitrogen and oxygen atoms in total. The lowest BCUT2D eigenvalue weighted by Gasteiger charge is -2.23. The lowest BCUT2D eigenvalue weighted by molar-refractivity contribution is 0.709. The maximum Gasteiger partial charge on any atom is 0.0419 e. The summed E-state index contributed by atoms with van der Waals surface area (Å²) in [6.45, 7) is 2.17. The molecule has 0 saturated heterocycles. The molecule has 1 aliphatic carbocycles. The van der Waals surface area contributed by atoms with Crippen LogP contribution in [-0.2, 0) is 0 Å². The van der Waals surface area contributed by atoms with Crippen molar-refractivity contribution in [1.82, 2.24) is 5.32 Å². The van der Waals surface area contributed by atoms with Crippen molar-refractivity contribution in [1.29, 1.82) is 0 Å². The van der Waals surface area contributed by atoms with Gasteiger partial charge in [-0.2, -0.15) is 0 Å². The monoisotopic (exact) mass is 147 g/mol. The molecule has 0 fully saturated rings. The van der Waals surface area contributed by atoms with Crippen LogP contribution in [0.2, 0.25) is 0 Å². The fraction of sp³-hybridized carbons (Fsp3) is 0.400. The van der Waals surface area contributed by atoms with Gasteiger partial charge in [0.15, 0.2) is 0 Å². The van der Waals surface area contributed by atoms with E-state index < -0.39 is 0 Å². The summed E-state index contributed by atoms with van der Waals surface area (Å²) in [4.78, 5) is 0. The first kappa shape index (κ1) is 6.71. The third-order valence-electron chi connectivity index (χ3n) is 2.14. The minimum absolute atomic E-state index is 0.497. The van der Waals surface area contributed by atoms with Crippen LogP contribution in [0.1, 0.15) is 19.8 Å². The number of hydrogen-bond acceptors (Lipinski definition) is 1. The Kier molecular flexibility index (Phi) is 1.57. The van der Waals surface area contributed by atoms with Crippen molar-refractivity contribution in [2.24, 2.45) is 0 Å². The van der Waals surface area contributed by atoms with Crippen LogP contribution in [0.15, 0.2) is 35.6 Å². The van der Waals surface area contributed by atoms with E-state index in [0.29, 0.717) is 6.04 Å². The Balaban J connectivity index is 2.30. The van der Waals surface area contributed by atoms with E-state index in [2.05, 4.69) is 36.5 Å². The molecule has 11 heavy (non-hydrogen) atoms. The van der Waals surface area contributed by atoms with Crippen molar-refractivity contribution in [3.05, 3.63) is 35.6 Å². The van der Waals surface area contributed by atoms with E-state index in [0.717, 1.165) is 0 Å². The zero-order chi connectivity index (χ0) is 7.68. The quantitative estimate of drug-likeness (QED) is 0.553. The first-order valence-electron chi connectivity index (χ1n) is 4.22. The molecular formula is C10H13N. The van der Waals surface area contributed by atoms with E-state index in [4.69, 9.17) is 0 Å². The molecule has 58 valence electrons. The van der Waals surface area contributed by atoms with Crippen molar-refractivity contribution >= 4 is 0 Å². The van der Waals surface area contributed by atoms with Crippen molar-refractivity contribution in [3.8, 4) is 0 Å². The molecule has 0 saturated carbocycles. The van der Waals surface area contributed by atoms with Gasteiger partial charge in [0, 0.05) is 11.7 Å². The minimum atomic E-state index is 0.497. The van der Waals surface area contributed by atoms with Crippen molar-refractivity contribution < 1.29 is 0 Å². The molecular weight excluding hydrogens is 134 g/mol. The van der Waals surface area contributed by atoms with Crippen molar-refractivity contribution in [2.45, 2.75) is 25.8 Å².